The molecule has 1 aliphatic carbocycles. The Morgan fingerprint density at radius 3 is 2.40 bits per heavy atom. The van der Waals surface area contributed by atoms with E-state index in [0.717, 1.165) is 38.0 Å². The lowest BCUT2D eigenvalue weighted by Gasteiger charge is -2.21. The molecular formula is C12H20N2O. The van der Waals surface area contributed by atoms with Crippen molar-refractivity contribution in [2.45, 2.75) is 19.8 Å². The Bertz CT molecular complexity index is 263. The fourth-order valence-electron chi connectivity index (χ4n) is 3.12. The second kappa shape index (κ2) is 3.48. The van der Waals surface area contributed by atoms with Gasteiger partial charge in [-0.1, -0.05) is 6.92 Å². The van der Waals surface area contributed by atoms with Crippen LogP contribution in [-0.2, 0) is 4.79 Å². The lowest BCUT2D eigenvalue weighted by atomic mass is 10.0. The first-order valence-corrected chi connectivity index (χ1v) is 6.25. The average Bonchev–Trinajstić information content (AvgIpc) is 2.85. The van der Waals surface area contributed by atoms with Crippen LogP contribution in [-0.4, -0.2) is 37.0 Å². The highest BCUT2D eigenvalue weighted by Gasteiger charge is 2.41. The van der Waals surface area contributed by atoms with E-state index in [-0.39, 0.29) is 5.92 Å². The molecule has 0 aromatic rings. The number of carbonyl (C=O) groups excluding carboxylic acids is 1. The first kappa shape index (κ1) is 9.64. The first-order chi connectivity index (χ1) is 7.25. The van der Waals surface area contributed by atoms with Gasteiger partial charge in [-0.25, -0.2) is 0 Å². The van der Waals surface area contributed by atoms with Gasteiger partial charge in [0.25, 0.3) is 0 Å². The minimum absolute atomic E-state index is 0.289. The fraction of sp³-hybridized carbons (Fsp3) is 0.917. The van der Waals surface area contributed by atoms with Crippen LogP contribution in [0.15, 0.2) is 0 Å². The SMILES string of the molecule is CC(C(=O)N1C[C@H]2CNC[C@H]2C1)C1CC1. The molecular weight excluding hydrogens is 188 g/mol. The summed E-state index contributed by atoms with van der Waals surface area (Å²) >= 11 is 0. The van der Waals surface area contributed by atoms with Crippen LogP contribution in [0.3, 0.4) is 0 Å². The van der Waals surface area contributed by atoms with Crippen LogP contribution < -0.4 is 5.32 Å². The van der Waals surface area contributed by atoms with Crippen molar-refractivity contribution in [3.63, 3.8) is 0 Å². The quantitative estimate of drug-likeness (QED) is 0.725. The van der Waals surface area contributed by atoms with Gasteiger partial charge in [0.2, 0.25) is 5.91 Å². The molecule has 0 spiro atoms. The Hall–Kier alpha value is -0.570. The number of amides is 1. The fourth-order valence-corrected chi connectivity index (χ4v) is 3.12. The molecule has 3 nitrogen and oxygen atoms in total. The number of carbonyl (C=O) groups is 1. The molecule has 84 valence electrons. The lowest BCUT2D eigenvalue weighted by Crippen LogP contribution is -2.36. The average molecular weight is 208 g/mol. The molecule has 3 rings (SSSR count). The maximum atomic E-state index is 12.2. The van der Waals surface area contributed by atoms with E-state index in [2.05, 4.69) is 17.1 Å². The van der Waals surface area contributed by atoms with Crippen molar-refractivity contribution >= 4 is 5.91 Å². The summed E-state index contributed by atoms with van der Waals surface area (Å²) < 4.78 is 0. The summed E-state index contributed by atoms with van der Waals surface area (Å²) in [5.74, 6) is 2.89. The number of hydrogen-bond acceptors (Lipinski definition) is 2. The number of fused-ring (bicyclic) bond motifs is 1. The highest BCUT2D eigenvalue weighted by molar-refractivity contribution is 5.79. The summed E-state index contributed by atoms with van der Waals surface area (Å²) in [5, 5.41) is 3.41. The second-order valence-corrected chi connectivity index (χ2v) is 5.55. The molecule has 2 aliphatic heterocycles. The predicted octanol–water partition coefficient (Wildman–Crippen LogP) is 0.710. The molecule has 2 heterocycles. The number of nitrogens with zero attached hydrogens (tertiary/aromatic N) is 1. The van der Waals surface area contributed by atoms with Crippen LogP contribution >= 0.6 is 0 Å². The van der Waals surface area contributed by atoms with Crippen LogP contribution in [0.4, 0.5) is 0 Å². The second-order valence-electron chi connectivity index (χ2n) is 5.55. The molecule has 3 aliphatic rings. The Labute approximate surface area is 91.2 Å². The van der Waals surface area contributed by atoms with Crippen LogP contribution in [0.2, 0.25) is 0 Å². The van der Waals surface area contributed by atoms with Gasteiger partial charge in [0.1, 0.15) is 0 Å². The Morgan fingerprint density at radius 1 is 1.27 bits per heavy atom. The van der Waals surface area contributed by atoms with Gasteiger partial charge in [-0.2, -0.15) is 0 Å². The normalized spacial score (nSPS) is 36.7. The van der Waals surface area contributed by atoms with E-state index in [1.807, 2.05) is 0 Å². The maximum Gasteiger partial charge on any atom is 0.225 e. The molecule has 3 heteroatoms. The van der Waals surface area contributed by atoms with Gasteiger partial charge in [-0.15, -0.1) is 0 Å². The molecule has 1 unspecified atom stereocenters. The zero-order valence-electron chi connectivity index (χ0n) is 9.41. The smallest absolute Gasteiger partial charge is 0.225 e. The van der Waals surface area contributed by atoms with Crippen molar-refractivity contribution in [2.75, 3.05) is 26.2 Å². The summed E-state index contributed by atoms with van der Waals surface area (Å²) in [7, 11) is 0. The Kier molecular flexibility index (Phi) is 2.23. The van der Waals surface area contributed by atoms with Gasteiger partial charge in [0.15, 0.2) is 0 Å². The minimum Gasteiger partial charge on any atom is -0.342 e. The van der Waals surface area contributed by atoms with Crippen molar-refractivity contribution in [2.24, 2.45) is 23.7 Å². The molecule has 0 aromatic heterocycles. The molecule has 1 saturated carbocycles. The number of rotatable bonds is 2. The highest BCUT2D eigenvalue weighted by Crippen LogP contribution is 2.38. The molecule has 15 heavy (non-hydrogen) atoms. The molecule has 0 aromatic carbocycles. The number of nitrogens with one attached hydrogen (secondary N) is 1. The summed E-state index contributed by atoms with van der Waals surface area (Å²) in [6.07, 6.45) is 2.55. The van der Waals surface area contributed by atoms with Crippen molar-refractivity contribution in [1.29, 1.82) is 0 Å². The van der Waals surface area contributed by atoms with Crippen molar-refractivity contribution < 1.29 is 4.79 Å². The van der Waals surface area contributed by atoms with Gasteiger partial charge in [0.05, 0.1) is 0 Å². The molecule has 1 amide bonds. The number of hydrogen-bond donors (Lipinski definition) is 1. The van der Waals surface area contributed by atoms with Crippen LogP contribution in [0.5, 0.6) is 0 Å². The van der Waals surface area contributed by atoms with E-state index in [1.54, 1.807) is 0 Å². The largest absolute Gasteiger partial charge is 0.342 e. The Morgan fingerprint density at radius 2 is 1.87 bits per heavy atom. The molecule has 0 bridgehead atoms. The molecule has 3 fully saturated rings. The maximum absolute atomic E-state index is 12.2. The first-order valence-electron chi connectivity index (χ1n) is 6.25. The van der Waals surface area contributed by atoms with Crippen LogP contribution in [0.25, 0.3) is 0 Å². The van der Waals surface area contributed by atoms with E-state index in [0.29, 0.717) is 11.8 Å². The summed E-state index contributed by atoms with van der Waals surface area (Å²) in [6, 6.07) is 0. The van der Waals surface area contributed by atoms with Crippen molar-refractivity contribution in [3.8, 4) is 0 Å². The summed E-state index contributed by atoms with van der Waals surface area (Å²) in [5.41, 5.74) is 0. The lowest BCUT2D eigenvalue weighted by molar-refractivity contribution is -0.134. The van der Waals surface area contributed by atoms with Gasteiger partial charge >= 0.3 is 0 Å². The van der Waals surface area contributed by atoms with Crippen LogP contribution in [0.1, 0.15) is 19.8 Å². The zero-order valence-corrected chi connectivity index (χ0v) is 9.41. The van der Waals surface area contributed by atoms with E-state index in [4.69, 9.17) is 0 Å². The third-order valence-electron chi connectivity index (χ3n) is 4.42. The van der Waals surface area contributed by atoms with Crippen molar-refractivity contribution in [3.05, 3.63) is 0 Å². The summed E-state index contributed by atoms with van der Waals surface area (Å²) in [6.45, 7) is 6.37. The van der Waals surface area contributed by atoms with Crippen LogP contribution in [0, 0.1) is 23.7 Å². The monoisotopic (exact) mass is 208 g/mol. The molecule has 1 N–H and O–H groups in total. The van der Waals surface area contributed by atoms with Crippen molar-refractivity contribution in [1.82, 2.24) is 10.2 Å². The topological polar surface area (TPSA) is 32.3 Å². The van der Waals surface area contributed by atoms with Gasteiger partial charge < -0.3 is 10.2 Å². The molecule has 2 saturated heterocycles. The third kappa shape index (κ3) is 1.67. The third-order valence-corrected chi connectivity index (χ3v) is 4.42. The molecule has 3 atom stereocenters. The standard InChI is InChI=1S/C12H20N2O/c1-8(9-2-3-9)12(15)14-6-10-4-13-5-11(10)7-14/h8-11,13H,2-7H2,1H3/t8?,10-,11+. The van der Waals surface area contributed by atoms with E-state index in [1.165, 1.54) is 12.8 Å². The zero-order chi connectivity index (χ0) is 10.4. The van der Waals surface area contributed by atoms with E-state index >= 15 is 0 Å². The summed E-state index contributed by atoms with van der Waals surface area (Å²) in [4.78, 5) is 14.3. The van der Waals surface area contributed by atoms with E-state index < -0.39 is 0 Å². The number of likely N-dealkylation sites (tertiary alicyclic amines) is 1. The van der Waals surface area contributed by atoms with E-state index in [9.17, 15) is 4.79 Å². The van der Waals surface area contributed by atoms with Gasteiger partial charge in [0, 0.05) is 32.1 Å². The predicted molar refractivity (Wildman–Crippen MR) is 58.3 cm³/mol. The van der Waals surface area contributed by atoms with Gasteiger partial charge in [-0.3, -0.25) is 4.79 Å². The molecule has 0 radical (unpaired) electrons. The van der Waals surface area contributed by atoms with Gasteiger partial charge in [-0.05, 0) is 30.6 Å². The Balaban J connectivity index is 1.61. The minimum atomic E-state index is 0.289. The highest BCUT2D eigenvalue weighted by atomic mass is 16.2.